The first kappa shape index (κ1) is 11.1. The fourth-order valence-electron chi connectivity index (χ4n) is 0.673. The first-order valence-corrected chi connectivity index (χ1v) is 3.89. The van der Waals surface area contributed by atoms with E-state index in [1.54, 1.807) is 6.92 Å². The molecule has 0 N–H and O–H groups in total. The van der Waals surface area contributed by atoms with Crippen LogP contribution in [-0.2, 0) is 14.3 Å². The molecule has 0 fully saturated rings. The van der Waals surface area contributed by atoms with Crippen molar-refractivity contribution in [2.45, 2.75) is 39.5 Å². The van der Waals surface area contributed by atoms with Crippen molar-refractivity contribution in [2.75, 3.05) is 0 Å². The molecule has 1 unspecified atom stereocenters. The Labute approximate surface area is 70.9 Å². The highest BCUT2D eigenvalue weighted by Gasteiger charge is 2.13. The van der Waals surface area contributed by atoms with E-state index in [9.17, 15) is 14.0 Å². The molecule has 0 bridgehead atoms. The highest BCUT2D eigenvalue weighted by molar-refractivity contribution is 5.76. The molecule has 0 spiro atoms. The van der Waals surface area contributed by atoms with Crippen molar-refractivity contribution in [3.05, 3.63) is 0 Å². The number of carbonyl (C=O) groups is 2. The van der Waals surface area contributed by atoms with E-state index in [0.29, 0.717) is 6.42 Å². The SMILES string of the molecule is CCCC(=O)OC(F)CC(C)=O. The average molecular weight is 176 g/mol. The third kappa shape index (κ3) is 5.82. The van der Waals surface area contributed by atoms with Gasteiger partial charge in [-0.3, -0.25) is 9.59 Å². The van der Waals surface area contributed by atoms with Gasteiger partial charge in [0.25, 0.3) is 0 Å². The minimum Gasteiger partial charge on any atom is -0.431 e. The summed E-state index contributed by atoms with van der Waals surface area (Å²) in [4.78, 5) is 21.0. The van der Waals surface area contributed by atoms with Gasteiger partial charge in [-0.2, -0.15) is 0 Å². The Bertz CT molecular complexity index is 168. The second-order valence-electron chi connectivity index (χ2n) is 2.56. The highest BCUT2D eigenvalue weighted by atomic mass is 19.1. The van der Waals surface area contributed by atoms with Crippen molar-refractivity contribution in [3.63, 3.8) is 0 Å². The van der Waals surface area contributed by atoms with Crippen molar-refractivity contribution in [2.24, 2.45) is 0 Å². The van der Waals surface area contributed by atoms with Crippen LogP contribution in [0.5, 0.6) is 0 Å². The number of alkyl halides is 1. The van der Waals surface area contributed by atoms with Crippen LogP contribution in [0, 0.1) is 0 Å². The maximum atomic E-state index is 12.6. The van der Waals surface area contributed by atoms with Crippen LogP contribution in [-0.4, -0.2) is 18.1 Å². The topological polar surface area (TPSA) is 43.4 Å². The third-order valence-corrected chi connectivity index (χ3v) is 1.16. The van der Waals surface area contributed by atoms with E-state index in [1.165, 1.54) is 6.92 Å². The van der Waals surface area contributed by atoms with Gasteiger partial charge in [0.1, 0.15) is 5.78 Å². The number of ketones is 1. The van der Waals surface area contributed by atoms with E-state index < -0.39 is 12.3 Å². The summed E-state index contributed by atoms with van der Waals surface area (Å²) in [5.41, 5.74) is 0. The predicted molar refractivity (Wildman–Crippen MR) is 41.2 cm³/mol. The van der Waals surface area contributed by atoms with Crippen LogP contribution in [0.4, 0.5) is 4.39 Å². The number of Topliss-reactive ketones (excluding diaryl/α,β-unsaturated/α-hetero) is 1. The summed E-state index contributed by atoms with van der Waals surface area (Å²) in [5, 5.41) is 0. The van der Waals surface area contributed by atoms with Crippen molar-refractivity contribution < 1.29 is 18.7 Å². The molecule has 0 radical (unpaired) electrons. The predicted octanol–water partition coefficient (Wildman–Crippen LogP) is 1.60. The molecule has 4 heteroatoms. The van der Waals surface area contributed by atoms with Gasteiger partial charge in [0.15, 0.2) is 0 Å². The molecule has 0 saturated heterocycles. The smallest absolute Gasteiger partial charge is 0.308 e. The van der Waals surface area contributed by atoms with E-state index in [2.05, 4.69) is 4.74 Å². The zero-order valence-corrected chi connectivity index (χ0v) is 7.30. The van der Waals surface area contributed by atoms with Crippen LogP contribution in [0.25, 0.3) is 0 Å². The number of hydrogen-bond donors (Lipinski definition) is 0. The number of carbonyl (C=O) groups excluding carboxylic acids is 2. The van der Waals surface area contributed by atoms with Gasteiger partial charge < -0.3 is 4.74 Å². The third-order valence-electron chi connectivity index (χ3n) is 1.16. The zero-order chi connectivity index (χ0) is 9.56. The Morgan fingerprint density at radius 3 is 2.50 bits per heavy atom. The maximum Gasteiger partial charge on any atom is 0.308 e. The summed E-state index contributed by atoms with van der Waals surface area (Å²) in [6.07, 6.45) is -1.32. The van der Waals surface area contributed by atoms with Crippen LogP contribution < -0.4 is 0 Å². The van der Waals surface area contributed by atoms with Crippen LogP contribution >= 0.6 is 0 Å². The fourth-order valence-corrected chi connectivity index (χ4v) is 0.673. The number of halogens is 1. The minimum absolute atomic E-state index is 0.193. The van der Waals surface area contributed by atoms with Gasteiger partial charge in [0.2, 0.25) is 6.36 Å². The Kier molecular flexibility index (Phi) is 5.25. The van der Waals surface area contributed by atoms with Crippen molar-refractivity contribution in [1.82, 2.24) is 0 Å². The molecule has 0 aromatic heterocycles. The molecule has 12 heavy (non-hydrogen) atoms. The molecule has 0 aromatic rings. The van der Waals surface area contributed by atoms with Crippen molar-refractivity contribution in [3.8, 4) is 0 Å². The molecule has 0 saturated carbocycles. The molecule has 1 atom stereocenters. The molecular weight excluding hydrogens is 163 g/mol. The Balaban J connectivity index is 3.61. The standard InChI is InChI=1S/C8H13FO3/c1-3-4-8(11)12-7(9)5-6(2)10/h7H,3-5H2,1-2H3. The Morgan fingerprint density at radius 1 is 1.50 bits per heavy atom. The summed E-state index contributed by atoms with van der Waals surface area (Å²) in [6.45, 7) is 3.04. The van der Waals surface area contributed by atoms with Gasteiger partial charge in [-0.25, -0.2) is 4.39 Å². The lowest BCUT2D eigenvalue weighted by Crippen LogP contribution is -2.15. The molecule has 70 valence electrons. The average Bonchev–Trinajstić information content (AvgIpc) is 1.84. The molecule has 0 aliphatic rings. The summed E-state index contributed by atoms with van der Waals surface area (Å²) < 4.78 is 16.8. The molecule has 0 aromatic carbocycles. The van der Waals surface area contributed by atoms with Crippen molar-refractivity contribution >= 4 is 11.8 Å². The second kappa shape index (κ2) is 5.69. The van der Waals surface area contributed by atoms with Gasteiger partial charge >= 0.3 is 5.97 Å². The summed E-state index contributed by atoms with van der Waals surface area (Å²) in [5.74, 6) is -0.918. The molecule has 0 amide bonds. The molecule has 0 aliphatic heterocycles. The summed E-state index contributed by atoms with van der Waals surface area (Å²) >= 11 is 0. The monoisotopic (exact) mass is 176 g/mol. The second-order valence-corrected chi connectivity index (χ2v) is 2.56. The van der Waals surface area contributed by atoms with Crippen LogP contribution in [0.15, 0.2) is 0 Å². The largest absolute Gasteiger partial charge is 0.431 e. The van der Waals surface area contributed by atoms with E-state index in [4.69, 9.17) is 0 Å². The lowest BCUT2D eigenvalue weighted by atomic mass is 10.3. The van der Waals surface area contributed by atoms with Gasteiger partial charge in [-0.1, -0.05) is 6.92 Å². The minimum atomic E-state index is -1.78. The van der Waals surface area contributed by atoms with Gasteiger partial charge in [-0.05, 0) is 13.3 Å². The van der Waals surface area contributed by atoms with E-state index >= 15 is 0 Å². The number of esters is 1. The van der Waals surface area contributed by atoms with Crippen LogP contribution in [0.2, 0.25) is 0 Å². The Morgan fingerprint density at radius 2 is 2.08 bits per heavy atom. The molecule has 0 rings (SSSR count). The number of hydrogen-bond acceptors (Lipinski definition) is 3. The molecule has 0 aliphatic carbocycles. The van der Waals surface area contributed by atoms with E-state index in [-0.39, 0.29) is 18.6 Å². The number of ether oxygens (including phenoxy) is 1. The quantitative estimate of drug-likeness (QED) is 0.597. The van der Waals surface area contributed by atoms with Crippen LogP contribution in [0.1, 0.15) is 33.1 Å². The van der Waals surface area contributed by atoms with Gasteiger partial charge in [-0.15, -0.1) is 0 Å². The maximum absolute atomic E-state index is 12.6. The fraction of sp³-hybridized carbons (Fsp3) is 0.750. The first-order chi connectivity index (χ1) is 5.56. The molecule has 3 nitrogen and oxygen atoms in total. The van der Waals surface area contributed by atoms with Crippen molar-refractivity contribution in [1.29, 1.82) is 0 Å². The first-order valence-electron chi connectivity index (χ1n) is 3.89. The van der Waals surface area contributed by atoms with Crippen LogP contribution in [0.3, 0.4) is 0 Å². The Hall–Kier alpha value is -0.930. The number of rotatable bonds is 5. The summed E-state index contributed by atoms with van der Waals surface area (Å²) in [7, 11) is 0. The highest BCUT2D eigenvalue weighted by Crippen LogP contribution is 2.03. The lowest BCUT2D eigenvalue weighted by Gasteiger charge is -2.06. The molecule has 0 heterocycles. The van der Waals surface area contributed by atoms with Gasteiger partial charge in [0, 0.05) is 6.42 Å². The zero-order valence-electron chi connectivity index (χ0n) is 7.30. The van der Waals surface area contributed by atoms with E-state index in [1.807, 2.05) is 0 Å². The lowest BCUT2D eigenvalue weighted by molar-refractivity contribution is -0.159. The molecular formula is C8H13FO3. The summed E-state index contributed by atoms with van der Waals surface area (Å²) in [6, 6.07) is 0. The normalized spacial score (nSPS) is 12.2. The van der Waals surface area contributed by atoms with Gasteiger partial charge in [0.05, 0.1) is 6.42 Å². The van der Waals surface area contributed by atoms with E-state index in [0.717, 1.165) is 0 Å².